The van der Waals surface area contributed by atoms with Crippen molar-refractivity contribution < 1.29 is 9.63 Å². The quantitative estimate of drug-likeness (QED) is 0.497. The van der Waals surface area contributed by atoms with Crippen molar-refractivity contribution in [2.45, 2.75) is 20.3 Å². The van der Waals surface area contributed by atoms with Crippen LogP contribution in [0, 0.1) is 6.92 Å². The number of amides is 1. The topological polar surface area (TPSA) is 89.4 Å². The summed E-state index contributed by atoms with van der Waals surface area (Å²) in [5, 5.41) is 7.27. The molecule has 0 bridgehead atoms. The number of anilines is 1. The van der Waals surface area contributed by atoms with Crippen molar-refractivity contribution in [3.63, 3.8) is 0 Å². The van der Waals surface area contributed by atoms with E-state index in [1.807, 2.05) is 19.9 Å². The van der Waals surface area contributed by atoms with Crippen molar-refractivity contribution in [2.24, 2.45) is 5.16 Å². The van der Waals surface area contributed by atoms with Crippen LogP contribution < -0.4 is 10.2 Å². The molecule has 0 unspecified atom stereocenters. The summed E-state index contributed by atoms with van der Waals surface area (Å²) in [5.74, 6) is 0.406. The second-order valence-corrected chi connectivity index (χ2v) is 6.26. The number of oxime groups is 1. The first-order valence-electron chi connectivity index (χ1n) is 8.61. The van der Waals surface area contributed by atoms with Crippen LogP contribution in [0.2, 0.25) is 5.02 Å². The summed E-state index contributed by atoms with van der Waals surface area (Å²) in [6.07, 6.45) is 6.99. The Morgan fingerprint density at radius 1 is 1.18 bits per heavy atom. The highest BCUT2D eigenvalue weighted by Gasteiger charge is 2.11. The Morgan fingerprint density at radius 2 is 2.04 bits per heavy atom. The van der Waals surface area contributed by atoms with Crippen LogP contribution in [-0.4, -0.2) is 26.6 Å². The molecule has 1 N–H and O–H groups in total. The molecule has 0 saturated carbocycles. The molecule has 3 aromatic rings. The SMILES string of the molecule is CC/C(=N\Oc1ncccc1Cl)c1ccc(NC(=O)c2cnccc2C)nc1. The van der Waals surface area contributed by atoms with E-state index in [1.54, 1.807) is 42.9 Å². The molecule has 0 atom stereocenters. The number of carbonyl (C=O) groups excluding carboxylic acids is 1. The van der Waals surface area contributed by atoms with Crippen molar-refractivity contribution in [3.05, 3.63) is 76.8 Å². The summed E-state index contributed by atoms with van der Waals surface area (Å²) in [5.41, 5.74) is 2.79. The van der Waals surface area contributed by atoms with Gasteiger partial charge in [0.15, 0.2) is 0 Å². The van der Waals surface area contributed by atoms with Crippen LogP contribution in [0.15, 0.2) is 60.3 Å². The van der Waals surface area contributed by atoms with Crippen molar-refractivity contribution in [2.75, 3.05) is 5.32 Å². The van der Waals surface area contributed by atoms with Gasteiger partial charge in [-0.1, -0.05) is 23.7 Å². The van der Waals surface area contributed by atoms with E-state index in [0.29, 0.717) is 28.5 Å². The van der Waals surface area contributed by atoms with Gasteiger partial charge in [0, 0.05) is 30.4 Å². The molecule has 0 aliphatic heterocycles. The van der Waals surface area contributed by atoms with Crippen LogP contribution in [0.25, 0.3) is 0 Å². The van der Waals surface area contributed by atoms with E-state index < -0.39 is 0 Å². The number of hydrogen-bond acceptors (Lipinski definition) is 6. The highest BCUT2D eigenvalue weighted by molar-refractivity contribution is 6.31. The predicted octanol–water partition coefficient (Wildman–Crippen LogP) is 4.28. The van der Waals surface area contributed by atoms with Crippen LogP contribution in [0.3, 0.4) is 0 Å². The van der Waals surface area contributed by atoms with E-state index in [1.165, 1.54) is 6.20 Å². The molecular weight excluding hydrogens is 378 g/mol. The minimum atomic E-state index is -0.261. The Bertz CT molecular complexity index is 1010. The third-order valence-corrected chi connectivity index (χ3v) is 4.21. The molecule has 7 nitrogen and oxygen atoms in total. The molecule has 142 valence electrons. The smallest absolute Gasteiger partial charge is 0.267 e. The van der Waals surface area contributed by atoms with E-state index in [-0.39, 0.29) is 11.8 Å². The fourth-order valence-corrected chi connectivity index (χ4v) is 2.54. The number of aryl methyl sites for hydroxylation is 1. The number of carbonyl (C=O) groups is 1. The average molecular weight is 396 g/mol. The molecular formula is C20H18ClN5O2. The average Bonchev–Trinajstić information content (AvgIpc) is 2.71. The van der Waals surface area contributed by atoms with Gasteiger partial charge in [0.2, 0.25) is 0 Å². The molecule has 0 saturated heterocycles. The lowest BCUT2D eigenvalue weighted by Gasteiger charge is -2.08. The number of hydrogen-bond donors (Lipinski definition) is 1. The van der Waals surface area contributed by atoms with Crippen LogP contribution in [0.1, 0.15) is 34.8 Å². The Balaban J connectivity index is 1.72. The number of halogens is 1. The van der Waals surface area contributed by atoms with Gasteiger partial charge in [0.25, 0.3) is 11.8 Å². The molecule has 28 heavy (non-hydrogen) atoms. The second-order valence-electron chi connectivity index (χ2n) is 5.85. The molecule has 0 radical (unpaired) electrons. The predicted molar refractivity (Wildman–Crippen MR) is 108 cm³/mol. The molecule has 0 aromatic carbocycles. The van der Waals surface area contributed by atoms with E-state index in [2.05, 4.69) is 25.4 Å². The number of nitrogens with zero attached hydrogens (tertiary/aromatic N) is 4. The van der Waals surface area contributed by atoms with Crippen LogP contribution in [0.5, 0.6) is 5.88 Å². The molecule has 3 aromatic heterocycles. The first-order valence-corrected chi connectivity index (χ1v) is 8.99. The normalized spacial score (nSPS) is 11.2. The molecule has 0 aliphatic carbocycles. The summed E-state index contributed by atoms with van der Waals surface area (Å²) in [6.45, 7) is 3.80. The Morgan fingerprint density at radius 3 is 2.71 bits per heavy atom. The summed E-state index contributed by atoms with van der Waals surface area (Å²) >= 11 is 6.01. The Kier molecular flexibility index (Phi) is 6.29. The molecule has 8 heteroatoms. The van der Waals surface area contributed by atoms with Gasteiger partial charge in [-0.2, -0.15) is 0 Å². The van der Waals surface area contributed by atoms with Crippen molar-refractivity contribution in [3.8, 4) is 5.88 Å². The number of aromatic nitrogens is 3. The third kappa shape index (κ3) is 4.69. The summed E-state index contributed by atoms with van der Waals surface area (Å²) < 4.78 is 0. The van der Waals surface area contributed by atoms with Crippen molar-refractivity contribution in [1.82, 2.24) is 15.0 Å². The maximum absolute atomic E-state index is 12.3. The first-order chi connectivity index (χ1) is 13.6. The second kappa shape index (κ2) is 9.05. The van der Waals surface area contributed by atoms with Crippen LogP contribution >= 0.6 is 11.6 Å². The van der Waals surface area contributed by atoms with Gasteiger partial charge >= 0.3 is 0 Å². The fraction of sp³-hybridized carbons (Fsp3) is 0.150. The number of nitrogens with one attached hydrogen (secondary N) is 1. The zero-order valence-corrected chi connectivity index (χ0v) is 16.1. The lowest BCUT2D eigenvalue weighted by molar-refractivity contribution is 0.102. The van der Waals surface area contributed by atoms with E-state index in [0.717, 1.165) is 11.1 Å². The van der Waals surface area contributed by atoms with Crippen molar-refractivity contribution in [1.29, 1.82) is 0 Å². The van der Waals surface area contributed by atoms with Gasteiger partial charge in [-0.05, 0) is 49.2 Å². The first kappa shape index (κ1) is 19.4. The van der Waals surface area contributed by atoms with Gasteiger partial charge in [-0.15, -0.1) is 0 Å². The van der Waals surface area contributed by atoms with Crippen molar-refractivity contribution >= 4 is 29.0 Å². The van der Waals surface area contributed by atoms with E-state index in [9.17, 15) is 4.79 Å². The van der Waals surface area contributed by atoms with Gasteiger partial charge in [0.1, 0.15) is 10.8 Å². The maximum atomic E-state index is 12.3. The van der Waals surface area contributed by atoms with Gasteiger partial charge < -0.3 is 10.2 Å². The van der Waals surface area contributed by atoms with Gasteiger partial charge in [-0.25, -0.2) is 9.97 Å². The molecule has 3 heterocycles. The Labute approximate surface area is 167 Å². The molecule has 1 amide bonds. The molecule has 3 rings (SSSR count). The van der Waals surface area contributed by atoms with E-state index >= 15 is 0 Å². The largest absolute Gasteiger partial charge is 0.335 e. The summed E-state index contributed by atoms with van der Waals surface area (Å²) in [6, 6.07) is 8.68. The minimum absolute atomic E-state index is 0.235. The van der Waals surface area contributed by atoms with E-state index in [4.69, 9.17) is 16.4 Å². The standard InChI is InChI=1S/C20H18ClN5O2/c1-3-17(26-28-20-16(21)5-4-9-23-20)14-6-7-18(24-11-14)25-19(27)15-12-22-10-8-13(15)2/h4-12H,3H2,1-2H3,(H,24,25,27)/b26-17+. The zero-order chi connectivity index (χ0) is 19.9. The van der Waals surface area contributed by atoms with Gasteiger partial charge in [0.05, 0.1) is 11.3 Å². The number of rotatable bonds is 6. The third-order valence-electron chi connectivity index (χ3n) is 3.92. The minimum Gasteiger partial charge on any atom is -0.335 e. The zero-order valence-electron chi connectivity index (χ0n) is 15.4. The number of pyridine rings is 3. The lowest BCUT2D eigenvalue weighted by atomic mass is 10.1. The highest BCUT2D eigenvalue weighted by Crippen LogP contribution is 2.20. The summed E-state index contributed by atoms with van der Waals surface area (Å²) in [7, 11) is 0. The molecule has 0 spiro atoms. The summed E-state index contributed by atoms with van der Waals surface area (Å²) in [4.78, 5) is 30.0. The van der Waals surface area contributed by atoms with Crippen LogP contribution in [0.4, 0.5) is 5.82 Å². The fourth-order valence-electron chi connectivity index (χ4n) is 2.38. The monoisotopic (exact) mass is 395 g/mol. The molecule has 0 aliphatic rings. The maximum Gasteiger partial charge on any atom is 0.267 e. The van der Waals surface area contributed by atoms with Gasteiger partial charge in [-0.3, -0.25) is 9.78 Å². The lowest BCUT2D eigenvalue weighted by Crippen LogP contribution is -2.15. The molecule has 0 fully saturated rings. The Hall–Kier alpha value is -3.32. The highest BCUT2D eigenvalue weighted by atomic mass is 35.5. The van der Waals surface area contributed by atoms with Crippen LogP contribution in [-0.2, 0) is 0 Å².